The predicted molar refractivity (Wildman–Crippen MR) is 123 cm³/mol. The molecule has 8 nitrogen and oxygen atoms in total. The van der Waals surface area contributed by atoms with Crippen molar-refractivity contribution in [3.63, 3.8) is 0 Å². The number of halogens is 4. The van der Waals surface area contributed by atoms with Crippen LogP contribution in [0.2, 0.25) is 0 Å². The van der Waals surface area contributed by atoms with Gasteiger partial charge in [0.05, 0.1) is 28.7 Å². The van der Waals surface area contributed by atoms with Crippen molar-refractivity contribution in [2.45, 2.75) is 39.4 Å². The highest BCUT2D eigenvalue weighted by Crippen LogP contribution is 2.33. The van der Waals surface area contributed by atoms with Crippen molar-refractivity contribution in [1.82, 2.24) is 19.4 Å². The molecule has 0 unspecified atom stereocenters. The maximum absolute atomic E-state index is 13.6. The highest BCUT2D eigenvalue weighted by Gasteiger charge is 2.35. The van der Waals surface area contributed by atoms with Gasteiger partial charge < -0.3 is 19.8 Å². The number of alkyl halides is 3. The number of ketones is 1. The number of rotatable bonds is 6. The lowest BCUT2D eigenvalue weighted by Crippen LogP contribution is -2.44. The van der Waals surface area contributed by atoms with Crippen LogP contribution >= 0.6 is 0 Å². The summed E-state index contributed by atoms with van der Waals surface area (Å²) in [6.07, 6.45) is -1.69. The molecule has 2 heterocycles. The maximum atomic E-state index is 13.6. The Bertz CT molecular complexity index is 1370. The highest BCUT2D eigenvalue weighted by molar-refractivity contribution is 6.43. The molecule has 12 heteroatoms. The van der Waals surface area contributed by atoms with Crippen LogP contribution in [0.25, 0.3) is 0 Å². The number of nitrogens with zero attached hydrogens (tertiary/aromatic N) is 3. The second kappa shape index (κ2) is 9.25. The summed E-state index contributed by atoms with van der Waals surface area (Å²) in [5, 5.41) is 4.95. The number of aromatic nitrogens is 3. The van der Waals surface area contributed by atoms with Crippen molar-refractivity contribution < 1.29 is 31.9 Å². The van der Waals surface area contributed by atoms with Crippen LogP contribution in [0.15, 0.2) is 30.7 Å². The van der Waals surface area contributed by atoms with Gasteiger partial charge in [-0.05, 0) is 51.5 Å². The molecule has 1 aromatic carbocycles. The van der Waals surface area contributed by atoms with Crippen molar-refractivity contribution in [2.24, 2.45) is 14.1 Å². The van der Waals surface area contributed by atoms with Crippen LogP contribution in [0, 0.1) is 19.7 Å². The summed E-state index contributed by atoms with van der Waals surface area (Å²) >= 11 is 0. The summed E-state index contributed by atoms with van der Waals surface area (Å²) in [4.78, 5) is 43.1. The van der Waals surface area contributed by atoms with Gasteiger partial charge in [0.15, 0.2) is 0 Å². The van der Waals surface area contributed by atoms with Gasteiger partial charge in [0.1, 0.15) is 11.5 Å². The average Bonchev–Trinajstić information content (AvgIpc) is 3.29. The predicted octanol–water partition coefficient (Wildman–Crippen LogP) is 4.02. The van der Waals surface area contributed by atoms with Gasteiger partial charge in [0, 0.05) is 31.7 Å². The minimum Gasteiger partial charge on any atom is -0.343 e. The number of nitrogens with one attached hydrogen (secondary N) is 2. The van der Waals surface area contributed by atoms with Gasteiger partial charge in [-0.25, -0.2) is 9.37 Å². The van der Waals surface area contributed by atoms with E-state index in [1.807, 2.05) is 0 Å². The van der Waals surface area contributed by atoms with E-state index in [1.54, 1.807) is 38.0 Å². The van der Waals surface area contributed by atoms with Crippen LogP contribution in [-0.4, -0.2) is 31.7 Å². The molecule has 0 bridgehead atoms. The third-order valence-electron chi connectivity index (χ3n) is 5.88. The van der Waals surface area contributed by atoms with Gasteiger partial charge >= 0.3 is 6.18 Å². The normalized spacial score (nSPS) is 11.9. The Labute approximate surface area is 204 Å². The fraction of sp³-hybridized carbons (Fsp3) is 0.333. The second-order valence-electron chi connectivity index (χ2n) is 8.97. The Balaban J connectivity index is 1.89. The summed E-state index contributed by atoms with van der Waals surface area (Å²) in [5.74, 6) is -4.10. The molecule has 0 aliphatic carbocycles. The Morgan fingerprint density at radius 2 is 1.69 bits per heavy atom. The van der Waals surface area contributed by atoms with Crippen LogP contribution in [0.5, 0.6) is 0 Å². The Hall–Kier alpha value is -3.96. The topological polar surface area (TPSA) is 98.0 Å². The number of anilines is 1. The van der Waals surface area contributed by atoms with Gasteiger partial charge in [0.25, 0.3) is 17.6 Å². The monoisotopic (exact) mass is 507 g/mol. The van der Waals surface area contributed by atoms with Crippen LogP contribution in [-0.2, 0) is 30.6 Å². The van der Waals surface area contributed by atoms with Crippen molar-refractivity contribution in [3.8, 4) is 0 Å². The summed E-state index contributed by atoms with van der Waals surface area (Å²) in [6, 6.07) is 2.08. The SMILES string of the molecule is Cc1c(C(=O)C(=O)NC(C)(C)c2cn(C)cn2)c(C)n(C)c1C(=O)Nc1ccc(F)c(C(F)(F)F)c1. The van der Waals surface area contributed by atoms with Gasteiger partial charge in [0.2, 0.25) is 0 Å². The molecular weight excluding hydrogens is 482 g/mol. The first kappa shape index (κ1) is 26.6. The molecule has 3 rings (SSSR count). The van der Waals surface area contributed by atoms with Gasteiger partial charge in [-0.15, -0.1) is 0 Å². The quantitative estimate of drug-likeness (QED) is 0.299. The molecule has 0 aliphatic heterocycles. The third kappa shape index (κ3) is 5.02. The fourth-order valence-electron chi connectivity index (χ4n) is 3.90. The molecule has 2 amide bonds. The van der Waals surface area contributed by atoms with Gasteiger partial charge in [-0.3, -0.25) is 14.4 Å². The van der Waals surface area contributed by atoms with E-state index in [1.165, 1.54) is 25.5 Å². The Morgan fingerprint density at radius 3 is 2.25 bits per heavy atom. The molecule has 0 atom stereocenters. The largest absolute Gasteiger partial charge is 0.419 e. The van der Waals surface area contributed by atoms with Crippen molar-refractivity contribution in [1.29, 1.82) is 0 Å². The number of Topliss-reactive ketones (excluding diaryl/α,β-unsaturated/α-hetero) is 1. The fourth-order valence-corrected chi connectivity index (χ4v) is 3.90. The zero-order chi connectivity index (χ0) is 27.2. The number of hydrogen-bond donors (Lipinski definition) is 2. The summed E-state index contributed by atoms with van der Waals surface area (Å²) < 4.78 is 55.7. The van der Waals surface area contributed by atoms with Crippen molar-refractivity contribution >= 4 is 23.3 Å². The number of imidazole rings is 1. The van der Waals surface area contributed by atoms with E-state index in [-0.39, 0.29) is 22.5 Å². The van der Waals surface area contributed by atoms with E-state index in [0.29, 0.717) is 23.5 Å². The molecule has 0 aliphatic rings. The zero-order valence-electron chi connectivity index (χ0n) is 20.5. The lowest BCUT2D eigenvalue weighted by molar-refractivity contribution is -0.140. The minimum absolute atomic E-state index is 0.00735. The zero-order valence-corrected chi connectivity index (χ0v) is 20.5. The number of amides is 2. The third-order valence-corrected chi connectivity index (χ3v) is 5.88. The Kier molecular flexibility index (Phi) is 6.84. The summed E-state index contributed by atoms with van der Waals surface area (Å²) in [5.41, 5.74) is -1.81. The van der Waals surface area contributed by atoms with Crippen LogP contribution in [0.1, 0.15) is 57.2 Å². The van der Waals surface area contributed by atoms with Crippen LogP contribution in [0.4, 0.5) is 23.2 Å². The number of carbonyl (C=O) groups excluding carboxylic acids is 3. The highest BCUT2D eigenvalue weighted by atomic mass is 19.4. The van der Waals surface area contributed by atoms with E-state index in [9.17, 15) is 31.9 Å². The molecule has 0 radical (unpaired) electrons. The first-order valence-corrected chi connectivity index (χ1v) is 10.7. The Morgan fingerprint density at radius 1 is 1.06 bits per heavy atom. The van der Waals surface area contributed by atoms with Gasteiger partial charge in [-0.2, -0.15) is 13.2 Å². The molecule has 2 aromatic heterocycles. The molecular formula is C24H25F4N5O3. The number of aryl methyl sites for hydroxylation is 1. The van der Waals surface area contributed by atoms with E-state index >= 15 is 0 Å². The molecule has 2 N–H and O–H groups in total. The standard InChI is InChI=1S/C24H25F4N5O3/c1-12-18(20(34)22(36)31-23(3,4)17-10-32(5)11-29-17)13(2)33(6)19(12)21(35)30-14-7-8-16(25)15(9-14)24(26,27)28/h7-11H,1-6H3,(H,30,35)(H,31,36). The number of carbonyl (C=O) groups is 3. The number of hydrogen-bond acceptors (Lipinski definition) is 4. The molecule has 3 aromatic rings. The number of benzene rings is 1. The van der Waals surface area contributed by atoms with E-state index < -0.39 is 40.7 Å². The van der Waals surface area contributed by atoms with Crippen molar-refractivity contribution in [2.75, 3.05) is 5.32 Å². The van der Waals surface area contributed by atoms with E-state index in [0.717, 1.165) is 6.07 Å². The summed E-state index contributed by atoms with van der Waals surface area (Å²) in [6.45, 7) is 6.36. The summed E-state index contributed by atoms with van der Waals surface area (Å²) in [7, 11) is 3.24. The van der Waals surface area contributed by atoms with E-state index in [4.69, 9.17) is 0 Å². The smallest absolute Gasteiger partial charge is 0.343 e. The second-order valence-corrected chi connectivity index (χ2v) is 8.97. The van der Waals surface area contributed by atoms with Crippen LogP contribution < -0.4 is 10.6 Å². The molecule has 0 spiro atoms. The first-order chi connectivity index (χ1) is 16.5. The lowest BCUT2D eigenvalue weighted by atomic mass is 9.99. The molecule has 36 heavy (non-hydrogen) atoms. The van der Waals surface area contributed by atoms with E-state index in [2.05, 4.69) is 15.6 Å². The van der Waals surface area contributed by atoms with Gasteiger partial charge in [-0.1, -0.05) is 0 Å². The van der Waals surface area contributed by atoms with Crippen molar-refractivity contribution in [3.05, 3.63) is 70.3 Å². The minimum atomic E-state index is -4.95. The molecule has 0 saturated heterocycles. The molecule has 0 saturated carbocycles. The molecule has 0 fully saturated rings. The molecule has 192 valence electrons. The average molecular weight is 507 g/mol. The maximum Gasteiger partial charge on any atom is 0.419 e. The first-order valence-electron chi connectivity index (χ1n) is 10.7. The lowest BCUT2D eigenvalue weighted by Gasteiger charge is -2.23. The van der Waals surface area contributed by atoms with Crippen LogP contribution in [0.3, 0.4) is 0 Å².